The maximum absolute atomic E-state index is 11.7. The lowest BCUT2D eigenvalue weighted by Crippen LogP contribution is -2.18. The van der Waals surface area contributed by atoms with Crippen molar-refractivity contribution in [3.8, 4) is 0 Å². The number of nitrogens with two attached hydrogens (primary N) is 1. The number of hydrogen-bond acceptors (Lipinski definition) is 5. The second kappa shape index (κ2) is 6.00. The molecule has 1 aliphatic rings. The summed E-state index contributed by atoms with van der Waals surface area (Å²) in [4.78, 5) is 11.7. The Balaban J connectivity index is 2.12. The van der Waals surface area contributed by atoms with Crippen LogP contribution >= 0.6 is 11.8 Å². The van der Waals surface area contributed by atoms with Crippen LogP contribution in [0.5, 0.6) is 0 Å². The molecule has 1 saturated heterocycles. The lowest BCUT2D eigenvalue weighted by atomic mass is 10.1. The summed E-state index contributed by atoms with van der Waals surface area (Å²) in [6.07, 6.45) is 1.16. The van der Waals surface area contributed by atoms with Crippen LogP contribution in [0.25, 0.3) is 0 Å². The predicted octanol–water partition coefficient (Wildman–Crippen LogP) is 2.36. The molecule has 1 aliphatic heterocycles. The molecule has 0 saturated carbocycles. The van der Waals surface area contributed by atoms with Crippen molar-refractivity contribution < 1.29 is 9.53 Å². The Labute approximate surface area is 111 Å². The number of hydrogen-bond donors (Lipinski definition) is 2. The molecule has 4 nitrogen and oxygen atoms in total. The van der Waals surface area contributed by atoms with Gasteiger partial charge < -0.3 is 15.8 Å². The van der Waals surface area contributed by atoms with E-state index in [1.807, 2.05) is 17.8 Å². The smallest absolute Gasteiger partial charge is 0.340 e. The van der Waals surface area contributed by atoms with Gasteiger partial charge in [-0.15, -0.1) is 0 Å². The molecule has 0 aliphatic carbocycles. The standard InChI is InChI=1S/C13H18N2O2S/c1-2-17-13(16)11-7-9(3-4-12(11)14)15-10-5-6-18-8-10/h3-4,7,10,15H,2,5-6,8,14H2,1H3. The van der Waals surface area contributed by atoms with E-state index in [1.54, 1.807) is 19.1 Å². The van der Waals surface area contributed by atoms with Crippen molar-refractivity contribution in [1.29, 1.82) is 0 Å². The SMILES string of the molecule is CCOC(=O)c1cc(NC2CCSC2)ccc1N. The number of nitrogens with one attached hydrogen (secondary N) is 1. The van der Waals surface area contributed by atoms with Gasteiger partial charge in [-0.25, -0.2) is 4.79 Å². The summed E-state index contributed by atoms with van der Waals surface area (Å²) < 4.78 is 4.98. The van der Waals surface area contributed by atoms with Gasteiger partial charge in [-0.2, -0.15) is 11.8 Å². The van der Waals surface area contributed by atoms with Gasteiger partial charge in [-0.3, -0.25) is 0 Å². The summed E-state index contributed by atoms with van der Waals surface area (Å²) >= 11 is 1.94. The minimum absolute atomic E-state index is 0.356. The molecule has 0 bridgehead atoms. The number of esters is 1. The van der Waals surface area contributed by atoms with Gasteiger partial charge in [0.05, 0.1) is 12.2 Å². The second-order valence-corrected chi connectivity index (χ2v) is 5.38. The summed E-state index contributed by atoms with van der Waals surface area (Å²) in [6, 6.07) is 5.90. The first-order valence-corrected chi connectivity index (χ1v) is 7.27. The molecule has 5 heteroatoms. The lowest BCUT2D eigenvalue weighted by molar-refractivity contribution is 0.0527. The number of nitrogen functional groups attached to an aromatic ring is 1. The Morgan fingerprint density at radius 1 is 1.61 bits per heavy atom. The van der Waals surface area contributed by atoms with E-state index in [9.17, 15) is 4.79 Å². The van der Waals surface area contributed by atoms with Crippen LogP contribution in [0.1, 0.15) is 23.7 Å². The van der Waals surface area contributed by atoms with Crippen LogP contribution in [-0.2, 0) is 4.74 Å². The fourth-order valence-corrected chi connectivity index (χ4v) is 3.07. The summed E-state index contributed by atoms with van der Waals surface area (Å²) in [5, 5.41) is 3.42. The van der Waals surface area contributed by atoms with E-state index in [4.69, 9.17) is 10.5 Å². The van der Waals surface area contributed by atoms with Gasteiger partial charge in [0.15, 0.2) is 0 Å². The third-order valence-electron chi connectivity index (χ3n) is 2.85. The number of ether oxygens (including phenoxy) is 1. The highest BCUT2D eigenvalue weighted by atomic mass is 32.2. The topological polar surface area (TPSA) is 64.3 Å². The molecule has 1 fully saturated rings. The fraction of sp³-hybridized carbons (Fsp3) is 0.462. The highest BCUT2D eigenvalue weighted by Crippen LogP contribution is 2.24. The minimum atomic E-state index is -0.362. The van der Waals surface area contributed by atoms with E-state index in [-0.39, 0.29) is 5.97 Å². The molecule has 1 heterocycles. The Morgan fingerprint density at radius 2 is 2.44 bits per heavy atom. The van der Waals surface area contributed by atoms with Crippen molar-refractivity contribution in [2.45, 2.75) is 19.4 Å². The molecule has 98 valence electrons. The highest BCUT2D eigenvalue weighted by molar-refractivity contribution is 7.99. The number of rotatable bonds is 4. The third-order valence-corrected chi connectivity index (χ3v) is 4.01. The maximum Gasteiger partial charge on any atom is 0.340 e. The largest absolute Gasteiger partial charge is 0.462 e. The van der Waals surface area contributed by atoms with E-state index >= 15 is 0 Å². The molecule has 3 N–H and O–H groups in total. The average molecular weight is 266 g/mol. The van der Waals surface area contributed by atoms with Crippen LogP contribution in [-0.4, -0.2) is 30.1 Å². The fourth-order valence-electron chi connectivity index (χ4n) is 1.92. The normalized spacial score (nSPS) is 18.6. The molecular weight excluding hydrogens is 248 g/mol. The summed E-state index contributed by atoms with van der Waals surface area (Å²) in [5.74, 6) is 1.94. The zero-order valence-electron chi connectivity index (χ0n) is 10.4. The van der Waals surface area contributed by atoms with Crippen molar-refractivity contribution >= 4 is 29.1 Å². The molecule has 1 aromatic rings. The Hall–Kier alpha value is -1.36. The van der Waals surface area contributed by atoms with E-state index in [0.29, 0.717) is 23.9 Å². The molecular formula is C13H18N2O2S. The van der Waals surface area contributed by atoms with Gasteiger partial charge in [-0.1, -0.05) is 0 Å². The number of carbonyl (C=O) groups is 1. The van der Waals surface area contributed by atoms with Crippen LogP contribution in [0, 0.1) is 0 Å². The van der Waals surface area contributed by atoms with Gasteiger partial charge in [0.2, 0.25) is 0 Å². The molecule has 0 amide bonds. The second-order valence-electron chi connectivity index (χ2n) is 4.23. The van der Waals surface area contributed by atoms with Gasteiger partial charge in [0.25, 0.3) is 0 Å². The molecule has 18 heavy (non-hydrogen) atoms. The molecule has 1 aromatic carbocycles. The van der Waals surface area contributed by atoms with Crippen molar-refractivity contribution in [2.24, 2.45) is 0 Å². The maximum atomic E-state index is 11.7. The van der Waals surface area contributed by atoms with Gasteiger partial charge in [0.1, 0.15) is 0 Å². The zero-order chi connectivity index (χ0) is 13.0. The van der Waals surface area contributed by atoms with E-state index in [1.165, 1.54) is 5.75 Å². The summed E-state index contributed by atoms with van der Waals surface area (Å²) in [5.41, 5.74) is 7.62. The van der Waals surface area contributed by atoms with Crippen LogP contribution in [0.15, 0.2) is 18.2 Å². The highest BCUT2D eigenvalue weighted by Gasteiger charge is 2.17. The quantitative estimate of drug-likeness (QED) is 0.647. The van der Waals surface area contributed by atoms with Crippen LogP contribution < -0.4 is 11.1 Å². The molecule has 1 atom stereocenters. The van der Waals surface area contributed by atoms with Crippen molar-refractivity contribution in [3.05, 3.63) is 23.8 Å². The lowest BCUT2D eigenvalue weighted by Gasteiger charge is -2.14. The number of anilines is 2. The number of benzene rings is 1. The van der Waals surface area contributed by atoms with Crippen molar-refractivity contribution in [2.75, 3.05) is 29.2 Å². The molecule has 0 radical (unpaired) electrons. The molecule has 1 unspecified atom stereocenters. The molecule has 0 spiro atoms. The number of thioether (sulfide) groups is 1. The van der Waals surface area contributed by atoms with Crippen LogP contribution in [0.3, 0.4) is 0 Å². The van der Waals surface area contributed by atoms with E-state index in [2.05, 4.69) is 5.32 Å². The first-order chi connectivity index (χ1) is 8.70. The third kappa shape index (κ3) is 3.10. The minimum Gasteiger partial charge on any atom is -0.462 e. The van der Waals surface area contributed by atoms with Gasteiger partial charge in [-0.05, 0) is 37.3 Å². The van der Waals surface area contributed by atoms with Crippen molar-refractivity contribution in [3.63, 3.8) is 0 Å². The predicted molar refractivity (Wildman–Crippen MR) is 76.2 cm³/mol. The average Bonchev–Trinajstić information content (AvgIpc) is 2.84. The molecule has 0 aromatic heterocycles. The Morgan fingerprint density at radius 3 is 3.11 bits per heavy atom. The Bertz CT molecular complexity index is 431. The van der Waals surface area contributed by atoms with E-state index < -0.39 is 0 Å². The molecule has 2 rings (SSSR count). The van der Waals surface area contributed by atoms with Gasteiger partial charge in [0, 0.05) is 23.2 Å². The summed E-state index contributed by atoms with van der Waals surface area (Å²) in [6.45, 7) is 2.14. The first kappa shape index (κ1) is 13.1. The summed E-state index contributed by atoms with van der Waals surface area (Å²) in [7, 11) is 0. The Kier molecular flexibility index (Phi) is 4.36. The first-order valence-electron chi connectivity index (χ1n) is 6.11. The van der Waals surface area contributed by atoms with Gasteiger partial charge >= 0.3 is 5.97 Å². The van der Waals surface area contributed by atoms with Crippen molar-refractivity contribution in [1.82, 2.24) is 0 Å². The zero-order valence-corrected chi connectivity index (χ0v) is 11.3. The van der Waals surface area contributed by atoms with E-state index in [0.717, 1.165) is 17.9 Å². The monoisotopic (exact) mass is 266 g/mol. The van der Waals surface area contributed by atoms with Crippen LogP contribution in [0.4, 0.5) is 11.4 Å². The number of carbonyl (C=O) groups excluding carboxylic acids is 1. The van der Waals surface area contributed by atoms with Crippen LogP contribution in [0.2, 0.25) is 0 Å².